The third kappa shape index (κ3) is 6.66. The highest BCUT2D eigenvalue weighted by Gasteiger charge is 2.24. The molecule has 0 spiro atoms. The van der Waals surface area contributed by atoms with Crippen LogP contribution in [0, 0.1) is 5.92 Å². The van der Waals surface area contributed by atoms with Crippen LogP contribution in [0.3, 0.4) is 0 Å². The first kappa shape index (κ1) is 18.2. The van der Waals surface area contributed by atoms with Crippen molar-refractivity contribution in [2.24, 2.45) is 11.7 Å². The maximum atomic E-state index is 12.0. The van der Waals surface area contributed by atoms with Crippen LogP contribution < -0.4 is 11.1 Å². The fourth-order valence-corrected chi connectivity index (χ4v) is 2.85. The first-order valence-corrected chi connectivity index (χ1v) is 8.28. The van der Waals surface area contributed by atoms with Gasteiger partial charge in [-0.3, -0.25) is 0 Å². The van der Waals surface area contributed by atoms with E-state index >= 15 is 0 Å². The minimum Gasteiger partial charge on any atom is -0.444 e. The number of ether oxygens (including phenoxy) is 1. The largest absolute Gasteiger partial charge is 0.444 e. The van der Waals surface area contributed by atoms with Crippen molar-refractivity contribution in [3.63, 3.8) is 0 Å². The normalized spacial score (nSPS) is 22.9. The molecule has 2 atom stereocenters. The molecular formula is C16H33N3O2. The third-order valence-corrected chi connectivity index (χ3v) is 4.03. The van der Waals surface area contributed by atoms with Crippen molar-refractivity contribution in [2.45, 2.75) is 65.0 Å². The zero-order valence-electron chi connectivity index (χ0n) is 14.2. The van der Waals surface area contributed by atoms with Gasteiger partial charge in [0.15, 0.2) is 0 Å². The van der Waals surface area contributed by atoms with Crippen molar-refractivity contribution >= 4 is 6.09 Å². The van der Waals surface area contributed by atoms with Crippen LogP contribution in [-0.2, 0) is 4.74 Å². The highest BCUT2D eigenvalue weighted by atomic mass is 16.6. The van der Waals surface area contributed by atoms with Crippen molar-refractivity contribution in [3.05, 3.63) is 0 Å². The predicted octanol–water partition coefficient (Wildman–Crippen LogP) is 2.35. The maximum absolute atomic E-state index is 12.0. The summed E-state index contributed by atoms with van der Waals surface area (Å²) in [5, 5.41) is 3.58. The molecule has 1 aliphatic carbocycles. The predicted molar refractivity (Wildman–Crippen MR) is 86.3 cm³/mol. The van der Waals surface area contributed by atoms with Crippen molar-refractivity contribution in [1.29, 1.82) is 0 Å². The van der Waals surface area contributed by atoms with Gasteiger partial charge in [0.05, 0.1) is 0 Å². The summed E-state index contributed by atoms with van der Waals surface area (Å²) in [6.07, 6.45) is 4.75. The lowest BCUT2D eigenvalue weighted by molar-refractivity contribution is 0.0259. The van der Waals surface area contributed by atoms with Gasteiger partial charge in [0.2, 0.25) is 0 Å². The van der Waals surface area contributed by atoms with Crippen molar-refractivity contribution in [3.8, 4) is 0 Å². The molecule has 0 heterocycles. The van der Waals surface area contributed by atoms with Crippen LogP contribution in [0.25, 0.3) is 0 Å². The number of amides is 1. The van der Waals surface area contributed by atoms with Gasteiger partial charge in [0.1, 0.15) is 5.60 Å². The lowest BCUT2D eigenvalue weighted by Crippen LogP contribution is -2.46. The lowest BCUT2D eigenvalue weighted by atomic mass is 9.84. The summed E-state index contributed by atoms with van der Waals surface area (Å²) in [5.41, 5.74) is 5.41. The van der Waals surface area contributed by atoms with Crippen LogP contribution in [0.15, 0.2) is 0 Å². The molecule has 1 aliphatic rings. The molecule has 0 saturated heterocycles. The molecular weight excluding hydrogens is 266 g/mol. The number of nitrogens with two attached hydrogens (primary N) is 1. The Morgan fingerprint density at radius 1 is 1.33 bits per heavy atom. The van der Waals surface area contributed by atoms with Crippen LogP contribution in [0.5, 0.6) is 0 Å². The lowest BCUT2D eigenvalue weighted by Gasteiger charge is -2.32. The summed E-state index contributed by atoms with van der Waals surface area (Å²) in [6.45, 7) is 10.6. The Kier molecular flexibility index (Phi) is 7.46. The molecule has 0 aromatic rings. The monoisotopic (exact) mass is 299 g/mol. The van der Waals surface area contributed by atoms with E-state index in [0.717, 1.165) is 13.1 Å². The van der Waals surface area contributed by atoms with Crippen LogP contribution in [0.4, 0.5) is 4.79 Å². The van der Waals surface area contributed by atoms with Crippen LogP contribution in [-0.4, -0.2) is 48.8 Å². The molecule has 0 radical (unpaired) electrons. The number of rotatable bonds is 6. The quantitative estimate of drug-likeness (QED) is 0.790. The first-order valence-electron chi connectivity index (χ1n) is 8.28. The highest BCUT2D eigenvalue weighted by molar-refractivity contribution is 5.68. The molecule has 0 bridgehead atoms. The summed E-state index contributed by atoms with van der Waals surface area (Å²) >= 11 is 0. The van der Waals surface area contributed by atoms with Gasteiger partial charge >= 0.3 is 6.09 Å². The van der Waals surface area contributed by atoms with Gasteiger partial charge in [0, 0.05) is 25.7 Å². The summed E-state index contributed by atoms with van der Waals surface area (Å²) in [4.78, 5) is 13.8. The summed E-state index contributed by atoms with van der Waals surface area (Å²) in [7, 11) is 0. The Bertz CT molecular complexity index is 315. The number of carbonyl (C=O) groups is 1. The van der Waals surface area contributed by atoms with E-state index in [1.54, 1.807) is 4.90 Å². The zero-order valence-corrected chi connectivity index (χ0v) is 14.2. The first-order chi connectivity index (χ1) is 9.87. The molecule has 0 aromatic heterocycles. The van der Waals surface area contributed by atoms with E-state index in [0.29, 0.717) is 25.0 Å². The molecule has 5 heteroatoms. The number of hydrogen-bond donors (Lipinski definition) is 2. The van der Waals surface area contributed by atoms with Gasteiger partial charge in [-0.05, 0) is 53.0 Å². The number of hydrogen-bond acceptors (Lipinski definition) is 4. The fraction of sp³-hybridized carbons (Fsp3) is 0.938. The van der Waals surface area contributed by atoms with E-state index in [-0.39, 0.29) is 6.09 Å². The molecule has 21 heavy (non-hydrogen) atoms. The van der Waals surface area contributed by atoms with Gasteiger partial charge in [-0.15, -0.1) is 0 Å². The van der Waals surface area contributed by atoms with Gasteiger partial charge in [-0.25, -0.2) is 4.79 Å². The second-order valence-electron chi connectivity index (χ2n) is 6.90. The summed E-state index contributed by atoms with van der Waals surface area (Å²) in [6, 6.07) is 0.501. The topological polar surface area (TPSA) is 67.6 Å². The average Bonchev–Trinajstić information content (AvgIpc) is 2.42. The summed E-state index contributed by atoms with van der Waals surface area (Å²) < 4.78 is 5.41. The zero-order chi connectivity index (χ0) is 15.9. The molecule has 1 amide bonds. The second kappa shape index (κ2) is 8.59. The Balaban J connectivity index is 2.36. The van der Waals surface area contributed by atoms with Gasteiger partial charge in [-0.2, -0.15) is 0 Å². The van der Waals surface area contributed by atoms with E-state index in [4.69, 9.17) is 10.5 Å². The Morgan fingerprint density at radius 2 is 2.00 bits per heavy atom. The minimum atomic E-state index is -0.439. The highest BCUT2D eigenvalue weighted by Crippen LogP contribution is 2.23. The molecule has 0 aliphatic heterocycles. The molecule has 5 nitrogen and oxygen atoms in total. The fourth-order valence-electron chi connectivity index (χ4n) is 2.85. The number of nitrogens with one attached hydrogen (secondary N) is 1. The molecule has 1 rings (SSSR count). The molecule has 1 saturated carbocycles. The van der Waals surface area contributed by atoms with E-state index in [9.17, 15) is 4.79 Å². The number of likely N-dealkylation sites (N-methyl/N-ethyl adjacent to an activating group) is 1. The number of nitrogens with zero attached hydrogens (tertiary/aromatic N) is 1. The van der Waals surface area contributed by atoms with Gasteiger partial charge in [-0.1, -0.05) is 12.8 Å². The molecule has 0 aromatic carbocycles. The molecule has 2 unspecified atom stereocenters. The van der Waals surface area contributed by atoms with Crippen LogP contribution in [0.1, 0.15) is 53.4 Å². The average molecular weight is 299 g/mol. The van der Waals surface area contributed by atoms with E-state index in [1.165, 1.54) is 25.7 Å². The SMILES string of the molecule is CCN(CCNC1CCCCC1CN)C(=O)OC(C)(C)C. The van der Waals surface area contributed by atoms with Crippen molar-refractivity contribution < 1.29 is 9.53 Å². The van der Waals surface area contributed by atoms with Crippen molar-refractivity contribution in [1.82, 2.24) is 10.2 Å². The molecule has 1 fully saturated rings. The molecule has 3 N–H and O–H groups in total. The maximum Gasteiger partial charge on any atom is 0.410 e. The van der Waals surface area contributed by atoms with E-state index in [2.05, 4.69) is 5.32 Å². The number of carbonyl (C=O) groups excluding carboxylic acids is 1. The van der Waals surface area contributed by atoms with Crippen molar-refractivity contribution in [2.75, 3.05) is 26.2 Å². The van der Waals surface area contributed by atoms with Gasteiger partial charge < -0.3 is 20.7 Å². The third-order valence-electron chi connectivity index (χ3n) is 4.03. The van der Waals surface area contributed by atoms with Crippen LogP contribution >= 0.6 is 0 Å². The smallest absolute Gasteiger partial charge is 0.410 e. The Morgan fingerprint density at radius 3 is 2.57 bits per heavy atom. The van der Waals surface area contributed by atoms with E-state index < -0.39 is 5.60 Å². The van der Waals surface area contributed by atoms with Gasteiger partial charge in [0.25, 0.3) is 0 Å². The standard InChI is InChI=1S/C16H33N3O2/c1-5-19(15(20)21-16(2,3)4)11-10-18-14-9-7-6-8-13(14)12-17/h13-14,18H,5-12,17H2,1-4H3. The molecule has 124 valence electrons. The Hall–Kier alpha value is -0.810. The van der Waals surface area contributed by atoms with Crippen LogP contribution in [0.2, 0.25) is 0 Å². The van der Waals surface area contributed by atoms with E-state index in [1.807, 2.05) is 27.7 Å². The summed E-state index contributed by atoms with van der Waals surface area (Å²) in [5.74, 6) is 0.579. The second-order valence-corrected chi connectivity index (χ2v) is 6.90. The minimum absolute atomic E-state index is 0.231. The Labute approximate surface area is 129 Å².